The monoisotopic (exact) mass is 813 g/mol. The van der Waals surface area contributed by atoms with Crippen molar-refractivity contribution in [3.8, 4) is 28.6 Å². The molecule has 60 heavy (non-hydrogen) atoms. The molecule has 3 N–H and O–H groups in total. The summed E-state index contributed by atoms with van der Waals surface area (Å²) in [6.07, 6.45) is 10.6. The van der Waals surface area contributed by atoms with Crippen molar-refractivity contribution >= 4 is 28.7 Å². The number of nitrogens with zero attached hydrogens (tertiary/aromatic N) is 6. The Labute approximate surface area is 350 Å². The Morgan fingerprint density at radius 3 is 2.60 bits per heavy atom. The number of carbonyl (C=O) groups is 3. The van der Waals surface area contributed by atoms with Crippen LogP contribution in [0.1, 0.15) is 89.8 Å². The van der Waals surface area contributed by atoms with Crippen LogP contribution in [-0.2, 0) is 25.5 Å². The van der Waals surface area contributed by atoms with E-state index in [4.69, 9.17) is 14.1 Å². The van der Waals surface area contributed by atoms with Crippen molar-refractivity contribution in [3.05, 3.63) is 60.4 Å². The smallest absolute Gasteiger partial charge is 0.324 e. The van der Waals surface area contributed by atoms with Gasteiger partial charge in [0.1, 0.15) is 30.1 Å². The number of cyclic esters (lactones) is 1. The van der Waals surface area contributed by atoms with Gasteiger partial charge in [-0.15, -0.1) is 0 Å². The summed E-state index contributed by atoms with van der Waals surface area (Å²) >= 11 is 0. The molecule has 6 aliphatic rings. The minimum Gasteiger partial charge on any atom is -0.464 e. The van der Waals surface area contributed by atoms with Gasteiger partial charge in [-0.05, 0) is 93.2 Å². The summed E-state index contributed by atoms with van der Waals surface area (Å²) in [5, 5.41) is 19.3. The quantitative estimate of drug-likeness (QED) is 0.223. The molecule has 314 valence electrons. The average molecular weight is 814 g/mol. The van der Waals surface area contributed by atoms with Crippen LogP contribution >= 0.6 is 0 Å². The highest BCUT2D eigenvalue weighted by Gasteiger charge is 2.55. The van der Waals surface area contributed by atoms with Crippen LogP contribution in [0.3, 0.4) is 0 Å². The first-order valence-electron chi connectivity index (χ1n) is 21.9. The molecule has 2 saturated carbocycles. The van der Waals surface area contributed by atoms with E-state index in [0.717, 1.165) is 65.5 Å². The molecule has 4 aromatic rings. The maximum absolute atomic E-state index is 14.9. The fourth-order valence-electron chi connectivity index (χ4n) is 10.8. The third kappa shape index (κ3) is 6.79. The molecule has 4 aliphatic heterocycles. The highest BCUT2D eigenvalue weighted by Crippen LogP contribution is 2.48. The van der Waals surface area contributed by atoms with Gasteiger partial charge in [-0.1, -0.05) is 33.8 Å². The number of aromatic nitrogens is 3. The van der Waals surface area contributed by atoms with E-state index in [2.05, 4.69) is 88.5 Å². The number of hydrazine groups is 1. The fraction of sp³-hybridized carbons (Fsp3) is 0.565. The zero-order valence-electron chi connectivity index (χ0n) is 34.9. The summed E-state index contributed by atoms with van der Waals surface area (Å²) in [5.41, 5.74) is 8.40. The van der Waals surface area contributed by atoms with Crippen LogP contribution in [0, 0.1) is 40.4 Å². The van der Waals surface area contributed by atoms with Crippen LogP contribution in [0.2, 0.25) is 0 Å². The summed E-state index contributed by atoms with van der Waals surface area (Å²) in [4.78, 5) is 54.8. The molecule has 14 heteroatoms. The third-order valence-electron chi connectivity index (χ3n) is 14.6. The first kappa shape index (κ1) is 39.1. The van der Waals surface area contributed by atoms with E-state index in [1.807, 2.05) is 12.3 Å². The molecular weight excluding hydrogens is 759 g/mol. The Morgan fingerprint density at radius 2 is 1.90 bits per heavy atom. The molecule has 14 nitrogen and oxygen atoms in total. The summed E-state index contributed by atoms with van der Waals surface area (Å²) in [7, 11) is 0. The van der Waals surface area contributed by atoms with E-state index in [1.54, 1.807) is 12.5 Å². The van der Waals surface area contributed by atoms with Gasteiger partial charge in [0.25, 0.3) is 5.91 Å². The molecule has 10 rings (SSSR count). The molecule has 2 amide bonds. The summed E-state index contributed by atoms with van der Waals surface area (Å²) in [6, 6.07) is 10.6. The lowest BCUT2D eigenvalue weighted by atomic mass is 9.78. The van der Waals surface area contributed by atoms with Gasteiger partial charge in [0, 0.05) is 82.9 Å². The van der Waals surface area contributed by atoms with Crippen molar-refractivity contribution in [2.24, 2.45) is 29.1 Å². The number of benzene rings is 1. The number of carbonyl (C=O) groups excluding carboxylic acids is 3. The normalized spacial score (nSPS) is 31.1. The van der Waals surface area contributed by atoms with Crippen molar-refractivity contribution in [1.29, 1.82) is 5.26 Å². The van der Waals surface area contributed by atoms with Gasteiger partial charge in [0.05, 0.1) is 18.4 Å². The van der Waals surface area contributed by atoms with Crippen LogP contribution in [0.4, 0.5) is 0 Å². The number of likely N-dealkylation sites (tertiary alicyclic amines) is 1. The predicted octanol–water partition coefficient (Wildman–Crippen LogP) is 5.32. The van der Waals surface area contributed by atoms with Crippen molar-refractivity contribution in [3.63, 3.8) is 0 Å². The van der Waals surface area contributed by atoms with E-state index in [9.17, 15) is 19.6 Å². The number of fused-ring (bicyclic) bond motifs is 6. The first-order chi connectivity index (χ1) is 28.9. The van der Waals surface area contributed by atoms with Gasteiger partial charge < -0.3 is 24.4 Å². The largest absolute Gasteiger partial charge is 0.464 e. The number of pyridine rings is 1. The van der Waals surface area contributed by atoms with Crippen molar-refractivity contribution in [2.45, 2.75) is 102 Å². The molecule has 1 spiro atoms. The number of oxazole rings is 1. The number of esters is 1. The highest BCUT2D eigenvalue weighted by molar-refractivity contribution is 5.95. The van der Waals surface area contributed by atoms with Gasteiger partial charge in [-0.2, -0.15) is 5.26 Å². The number of ether oxygens (including phenoxy) is 1. The van der Waals surface area contributed by atoms with E-state index in [0.29, 0.717) is 50.5 Å². The second-order valence-electron chi connectivity index (χ2n) is 19.3. The zero-order valence-corrected chi connectivity index (χ0v) is 34.9. The highest BCUT2D eigenvalue weighted by atomic mass is 16.5. The average Bonchev–Trinajstić information content (AvgIpc) is 3.68. The molecule has 0 radical (unpaired) electrons. The minimum absolute atomic E-state index is 0.0147. The third-order valence-corrected chi connectivity index (χ3v) is 14.6. The topological polar surface area (TPSA) is 171 Å². The lowest BCUT2D eigenvalue weighted by Crippen LogP contribution is -2.77. The lowest BCUT2D eigenvalue weighted by Gasteiger charge is -2.59. The van der Waals surface area contributed by atoms with Crippen LogP contribution in [0.25, 0.3) is 33.4 Å². The molecule has 5 fully saturated rings. The summed E-state index contributed by atoms with van der Waals surface area (Å²) in [5.74, 6) is -0.337. The number of nitriles is 1. The number of rotatable bonds is 5. The standard InChI is InChI=1S/C46H55N9O5/c1-26-27(2)37(26)41(56)51-38-40(53-23-46(24-53)13-15-49-46)42-50-35(22-59-42)29-10-12-36-32(18-29)33(19-45(3,4)25-60-44(58)34-8-6-16-54(52-34)43(38)57)39(30-7-5-14-48-21-30)55(36)31-11-9-28(17-31)20-47/h5,7,10,12,14,18,21-22,26-28,31,34,37-38,40,49,52H,6,8-9,11,13,15-17,19,23-25H2,1-4H3,(H,51,56)/t26-,27+,28-,31-,34-,37?,38-,40-/m0/s1. The van der Waals surface area contributed by atoms with Crippen molar-refractivity contribution < 1.29 is 23.5 Å². The Kier molecular flexibility index (Phi) is 9.65. The van der Waals surface area contributed by atoms with Crippen molar-refractivity contribution in [2.75, 3.05) is 32.8 Å². The maximum atomic E-state index is 14.9. The Balaban J connectivity index is 1.13. The number of hydrogen-bond acceptors (Lipinski definition) is 11. The van der Waals surface area contributed by atoms with E-state index >= 15 is 0 Å². The minimum atomic E-state index is -1.03. The number of amides is 2. The zero-order chi connectivity index (χ0) is 41.5. The van der Waals surface area contributed by atoms with Crippen LogP contribution in [-0.4, -0.2) is 92.6 Å². The van der Waals surface area contributed by atoms with Crippen molar-refractivity contribution in [1.82, 2.24) is 40.5 Å². The Morgan fingerprint density at radius 1 is 1.08 bits per heavy atom. The number of hydrogen-bond donors (Lipinski definition) is 3. The van der Waals surface area contributed by atoms with Gasteiger partial charge in [-0.25, -0.2) is 10.4 Å². The Bertz CT molecular complexity index is 2360. The molecule has 8 atom stereocenters. The summed E-state index contributed by atoms with van der Waals surface area (Å²) in [6.45, 7) is 11.2. The molecule has 1 unspecified atom stereocenters. The number of nitrogens with one attached hydrogen (secondary N) is 3. The molecule has 1 aromatic carbocycles. The SMILES string of the molecule is C[C@@H]1C(C(=O)N[C@@H]2C(=O)N3CCC[C@H](N3)C(=O)OCC(C)(C)Cc3c(-c4cccnc4)n([C@H]4CC[C@H](C#N)C4)c4ccc(cc34)-c3coc(n3)[C@H]2N2CC3(CCN3)C2)[C@@H]1C. The Hall–Kier alpha value is -5.10. The second-order valence-corrected chi connectivity index (χ2v) is 19.3. The molecule has 3 saturated heterocycles. The van der Waals surface area contributed by atoms with E-state index < -0.39 is 29.5 Å². The molecule has 3 aromatic heterocycles. The van der Waals surface area contributed by atoms with E-state index in [1.165, 1.54) is 5.01 Å². The second kappa shape index (κ2) is 14.8. The van der Waals surface area contributed by atoms with E-state index in [-0.39, 0.29) is 53.7 Å². The molecule has 2 aliphatic carbocycles. The van der Waals surface area contributed by atoms with Gasteiger partial charge in [-0.3, -0.25) is 29.3 Å². The summed E-state index contributed by atoms with van der Waals surface area (Å²) < 4.78 is 15.0. The lowest BCUT2D eigenvalue weighted by molar-refractivity contribution is -0.157. The van der Waals surface area contributed by atoms with Gasteiger partial charge in [0.15, 0.2) is 0 Å². The van der Waals surface area contributed by atoms with Crippen LogP contribution < -0.4 is 16.1 Å². The van der Waals surface area contributed by atoms with Gasteiger partial charge >= 0.3 is 5.97 Å². The van der Waals surface area contributed by atoms with Crippen LogP contribution in [0.5, 0.6) is 0 Å². The fourth-order valence-corrected chi connectivity index (χ4v) is 10.8. The maximum Gasteiger partial charge on any atom is 0.324 e. The first-order valence-corrected chi connectivity index (χ1v) is 21.9. The molecular formula is C46H55N9O5. The molecule has 7 heterocycles. The molecule has 6 bridgehead atoms. The predicted molar refractivity (Wildman–Crippen MR) is 222 cm³/mol. The van der Waals surface area contributed by atoms with Crippen LogP contribution in [0.15, 0.2) is 53.4 Å². The van der Waals surface area contributed by atoms with Gasteiger partial charge in [0.2, 0.25) is 11.8 Å².